The van der Waals surface area contributed by atoms with Crippen LogP contribution in [0.15, 0.2) is 77.0 Å². The van der Waals surface area contributed by atoms with E-state index in [0.717, 1.165) is 68.1 Å². The molecule has 0 spiro atoms. The molecule has 5 heteroatoms. The summed E-state index contributed by atoms with van der Waals surface area (Å²) in [6.07, 6.45) is 17.9. The average Bonchev–Trinajstić information content (AvgIpc) is 3.41. The standard InChI is InChI=1S/C46H63N3O2/c1-11-13-15-28-49-39-24-20-33(6)30-37(39)46(9,10)41(49)26-22-35-18-16-17-34(43(35)47-42(31(3)4)44(50)51)21-25-40-45(7,8)36-29-32(5)19-23-38(36)48(40)27-14-12-2/h19-26,29-31,34,42H,5,11-18,27-28H2,1-4,6-10H3,(H,50,51)/b25-21+,35-22+,41-26-,47-43?. The molecule has 1 N–H and O–H groups in total. The zero-order valence-electron chi connectivity index (χ0n) is 33.0. The Kier molecular flexibility index (Phi) is 11.9. The Bertz CT molecular complexity index is 1840. The first kappa shape index (κ1) is 38.4. The monoisotopic (exact) mass is 689 g/mol. The number of carbonyl (C=O) groups is 1. The molecule has 2 aromatic rings. The fourth-order valence-electron chi connectivity index (χ4n) is 8.41. The van der Waals surface area contributed by atoms with E-state index in [0.29, 0.717) is 0 Å². The lowest BCUT2D eigenvalue weighted by molar-refractivity contribution is -0.139. The number of aliphatic carboxylic acids is 1. The summed E-state index contributed by atoms with van der Waals surface area (Å²) >= 11 is 0. The van der Waals surface area contributed by atoms with Crippen molar-refractivity contribution in [1.29, 1.82) is 0 Å². The van der Waals surface area contributed by atoms with E-state index in [-0.39, 0.29) is 22.7 Å². The maximum absolute atomic E-state index is 12.6. The highest BCUT2D eigenvalue weighted by Gasteiger charge is 2.41. The van der Waals surface area contributed by atoms with Crippen molar-refractivity contribution in [3.05, 3.63) is 105 Å². The minimum atomic E-state index is -0.857. The van der Waals surface area contributed by atoms with Gasteiger partial charge in [-0.25, -0.2) is 4.79 Å². The molecule has 0 saturated heterocycles. The first-order valence-corrected chi connectivity index (χ1v) is 19.6. The molecule has 2 aromatic carbocycles. The number of benzene rings is 2. The predicted octanol–water partition coefficient (Wildman–Crippen LogP) is 9.22. The van der Waals surface area contributed by atoms with E-state index in [2.05, 4.69) is 125 Å². The van der Waals surface area contributed by atoms with Crippen LogP contribution < -0.4 is 20.1 Å². The Labute approximate surface area is 308 Å². The van der Waals surface area contributed by atoms with E-state index in [9.17, 15) is 9.90 Å². The van der Waals surface area contributed by atoms with Crippen molar-refractivity contribution < 1.29 is 9.90 Å². The lowest BCUT2D eigenvalue weighted by Gasteiger charge is -2.32. The largest absolute Gasteiger partial charge is 0.480 e. The molecule has 274 valence electrons. The van der Waals surface area contributed by atoms with Crippen LogP contribution in [0.25, 0.3) is 6.58 Å². The Hall–Kier alpha value is -3.86. The summed E-state index contributed by atoms with van der Waals surface area (Å²) in [7, 11) is 0. The van der Waals surface area contributed by atoms with Crippen molar-refractivity contribution in [2.75, 3.05) is 18.0 Å². The van der Waals surface area contributed by atoms with Gasteiger partial charge in [-0.05, 0) is 78.1 Å². The van der Waals surface area contributed by atoms with Crippen LogP contribution in [-0.4, -0.2) is 35.9 Å². The molecule has 2 atom stereocenters. The Morgan fingerprint density at radius 3 is 2.49 bits per heavy atom. The van der Waals surface area contributed by atoms with E-state index in [1.807, 2.05) is 13.8 Å². The molecule has 2 aliphatic heterocycles. The zero-order valence-corrected chi connectivity index (χ0v) is 33.0. The Morgan fingerprint density at radius 1 is 1.06 bits per heavy atom. The van der Waals surface area contributed by atoms with Gasteiger partial charge in [0.15, 0.2) is 0 Å². The third kappa shape index (κ3) is 7.83. The van der Waals surface area contributed by atoms with Crippen LogP contribution in [-0.2, 0) is 15.6 Å². The third-order valence-corrected chi connectivity index (χ3v) is 11.5. The smallest absolute Gasteiger partial charge is 0.328 e. The van der Waals surface area contributed by atoms with Crippen LogP contribution in [0.4, 0.5) is 5.69 Å². The lowest BCUT2D eigenvalue weighted by atomic mass is 9.77. The number of aryl methyl sites for hydroxylation is 1. The van der Waals surface area contributed by atoms with Crippen molar-refractivity contribution in [1.82, 2.24) is 4.58 Å². The number of rotatable bonds is 13. The fraction of sp³-hybridized carbons (Fsp3) is 0.522. The van der Waals surface area contributed by atoms with Crippen LogP contribution in [0.5, 0.6) is 0 Å². The lowest BCUT2D eigenvalue weighted by Crippen LogP contribution is -2.33. The van der Waals surface area contributed by atoms with Gasteiger partial charge in [0.25, 0.3) is 0 Å². The topological polar surface area (TPSA) is 55.9 Å². The van der Waals surface area contributed by atoms with Gasteiger partial charge in [0.1, 0.15) is 17.9 Å². The fourth-order valence-corrected chi connectivity index (χ4v) is 8.41. The van der Waals surface area contributed by atoms with Crippen LogP contribution in [0, 0.1) is 24.8 Å². The van der Waals surface area contributed by atoms with Gasteiger partial charge in [0.2, 0.25) is 0 Å². The van der Waals surface area contributed by atoms with E-state index in [1.54, 1.807) is 0 Å². The molecule has 1 saturated carbocycles. The Morgan fingerprint density at radius 2 is 1.80 bits per heavy atom. The van der Waals surface area contributed by atoms with Crippen molar-refractivity contribution in [3.63, 3.8) is 0 Å². The third-order valence-electron chi connectivity index (χ3n) is 11.5. The van der Waals surface area contributed by atoms with E-state index < -0.39 is 12.0 Å². The average molecular weight is 690 g/mol. The highest BCUT2D eigenvalue weighted by Crippen LogP contribution is 2.48. The molecule has 51 heavy (non-hydrogen) atoms. The molecule has 0 radical (unpaired) electrons. The second-order valence-electron chi connectivity index (χ2n) is 16.5. The number of unbranched alkanes of at least 4 members (excludes halogenated alkanes) is 3. The normalized spacial score (nSPS) is 22.5. The van der Waals surface area contributed by atoms with Gasteiger partial charge in [-0.1, -0.05) is 124 Å². The molecular weight excluding hydrogens is 627 g/mol. The number of hydrogen-bond donors (Lipinski definition) is 1. The number of nitrogens with zero attached hydrogens (tertiary/aromatic N) is 3. The highest BCUT2D eigenvalue weighted by atomic mass is 16.4. The van der Waals surface area contributed by atoms with Gasteiger partial charge in [-0.2, -0.15) is 6.08 Å². The SMILES string of the molecule is C=c1ccc2c(c1)C(C)(C)[C-](/C=C/C1CCC/C(=C\C=C3/N(CCCCC)c4ccc(C)cc4C3(C)C)C1=NC(C(=O)O)C(C)C)[N+]=2CCCC. The molecule has 1 fully saturated rings. The van der Waals surface area contributed by atoms with Crippen molar-refractivity contribution in [3.8, 4) is 0 Å². The van der Waals surface area contributed by atoms with Crippen molar-refractivity contribution >= 4 is 23.9 Å². The molecule has 1 aliphatic carbocycles. The molecular formula is C46H63N3O2. The van der Waals surface area contributed by atoms with Gasteiger partial charge in [0.05, 0.1) is 6.04 Å². The summed E-state index contributed by atoms with van der Waals surface area (Å²) in [6, 6.07) is 14.0. The van der Waals surface area contributed by atoms with Gasteiger partial charge in [-0.3, -0.25) is 4.99 Å². The molecule has 0 amide bonds. The molecule has 3 aliphatic rings. The number of hydrogen-bond acceptors (Lipinski definition) is 3. The van der Waals surface area contributed by atoms with Gasteiger partial charge in [-0.15, -0.1) is 6.08 Å². The van der Waals surface area contributed by atoms with Crippen LogP contribution >= 0.6 is 0 Å². The maximum Gasteiger partial charge on any atom is 0.328 e. The molecule has 5 rings (SSSR count). The molecule has 2 heterocycles. The number of carboxylic acid groups (broad SMARTS) is 1. The maximum atomic E-state index is 12.6. The highest BCUT2D eigenvalue weighted by molar-refractivity contribution is 6.04. The summed E-state index contributed by atoms with van der Waals surface area (Å²) < 4.78 is 2.50. The molecule has 0 bridgehead atoms. The number of anilines is 1. The van der Waals surface area contributed by atoms with Gasteiger partial charge >= 0.3 is 5.97 Å². The quantitative estimate of drug-likeness (QED) is 0.130. The first-order valence-electron chi connectivity index (χ1n) is 19.6. The summed E-state index contributed by atoms with van der Waals surface area (Å²) in [6.45, 7) is 26.1. The van der Waals surface area contributed by atoms with E-state index in [4.69, 9.17) is 4.99 Å². The van der Waals surface area contributed by atoms with E-state index in [1.165, 1.54) is 52.3 Å². The zero-order chi connectivity index (χ0) is 37.1. The summed E-state index contributed by atoms with van der Waals surface area (Å²) in [5, 5.41) is 12.6. The Balaban J connectivity index is 1.58. The summed E-state index contributed by atoms with van der Waals surface area (Å²) in [4.78, 5) is 20.2. The first-order chi connectivity index (χ1) is 24.2. The predicted molar refractivity (Wildman–Crippen MR) is 216 cm³/mol. The van der Waals surface area contributed by atoms with E-state index >= 15 is 0 Å². The minimum Gasteiger partial charge on any atom is -0.480 e. The van der Waals surface area contributed by atoms with Crippen LogP contribution in [0.2, 0.25) is 0 Å². The summed E-state index contributed by atoms with van der Waals surface area (Å²) in [5.74, 6) is -0.935. The number of carboxylic acids is 1. The van der Waals surface area contributed by atoms with Crippen LogP contribution in [0.3, 0.4) is 0 Å². The second kappa shape index (κ2) is 15.8. The summed E-state index contributed by atoms with van der Waals surface area (Å²) in [5.41, 5.74) is 8.38. The van der Waals surface area contributed by atoms with Gasteiger partial charge in [0, 0.05) is 40.9 Å². The van der Waals surface area contributed by atoms with Gasteiger partial charge < -0.3 is 14.6 Å². The number of fused-ring (bicyclic) bond motifs is 2. The number of allylic oxidation sites excluding steroid dienone is 5. The molecule has 0 aromatic heterocycles. The van der Waals surface area contributed by atoms with Crippen LogP contribution in [0.1, 0.15) is 123 Å². The molecule has 5 nitrogen and oxygen atoms in total. The molecule has 2 unspecified atom stereocenters. The van der Waals surface area contributed by atoms with Crippen molar-refractivity contribution in [2.45, 2.75) is 131 Å². The minimum absolute atomic E-state index is 0.0320. The second-order valence-corrected chi connectivity index (χ2v) is 16.5. The van der Waals surface area contributed by atoms with Crippen molar-refractivity contribution in [2.24, 2.45) is 16.8 Å². The number of aliphatic imine (C=N–C) groups is 1.